The largest absolute Gasteiger partial charge is 0.368 e. The Morgan fingerprint density at radius 1 is 1.50 bits per heavy atom. The molecule has 0 bridgehead atoms. The number of carbonyl (C=O) groups excluding carboxylic acids is 1. The summed E-state index contributed by atoms with van der Waals surface area (Å²) in [6, 6.07) is 1.11. The van der Waals surface area contributed by atoms with Crippen molar-refractivity contribution in [2.75, 3.05) is 13.4 Å². The Morgan fingerprint density at radius 3 is 2.81 bits per heavy atom. The topological polar surface area (TPSA) is 53.4 Å². The third-order valence-electron chi connectivity index (χ3n) is 1.98. The Bertz CT molecular complexity index is 333. The van der Waals surface area contributed by atoms with Crippen LogP contribution in [0.5, 0.6) is 0 Å². The summed E-state index contributed by atoms with van der Waals surface area (Å²) in [5.74, 6) is 0. The van der Waals surface area contributed by atoms with Crippen molar-refractivity contribution in [2.45, 2.75) is 25.7 Å². The molecule has 0 aliphatic rings. The van der Waals surface area contributed by atoms with Crippen LogP contribution in [0.25, 0.3) is 0 Å². The van der Waals surface area contributed by atoms with E-state index in [1.165, 1.54) is 17.2 Å². The first kappa shape index (κ1) is 12.9. The Balaban J connectivity index is 2.14. The second-order valence-corrected chi connectivity index (χ2v) is 10.4. The summed E-state index contributed by atoms with van der Waals surface area (Å²) < 4.78 is 5.32. The van der Waals surface area contributed by atoms with Crippen molar-refractivity contribution in [3.63, 3.8) is 0 Å². The summed E-state index contributed by atoms with van der Waals surface area (Å²) in [5.41, 5.74) is 0.488. The second-order valence-electron chi connectivity index (χ2n) is 4.76. The highest BCUT2D eigenvalue weighted by molar-refractivity contribution is 6.76. The Hall–Kier alpha value is -1.14. The van der Waals surface area contributed by atoms with Crippen LogP contribution in [-0.2, 0) is 4.74 Å². The predicted octanol–water partition coefficient (Wildman–Crippen LogP) is 1.44. The van der Waals surface area contributed by atoms with Gasteiger partial charge in [0.15, 0.2) is 6.29 Å². The molecule has 0 aliphatic heterocycles. The van der Waals surface area contributed by atoms with Crippen molar-refractivity contribution in [3.05, 3.63) is 18.0 Å². The number of hydrogen-bond donors (Lipinski definition) is 0. The van der Waals surface area contributed by atoms with E-state index in [4.69, 9.17) is 9.57 Å². The van der Waals surface area contributed by atoms with Gasteiger partial charge in [-0.1, -0.05) is 19.6 Å². The van der Waals surface area contributed by atoms with Gasteiger partial charge in [0.05, 0.1) is 18.0 Å². The minimum atomic E-state index is -1.04. The number of rotatable bonds is 7. The van der Waals surface area contributed by atoms with Crippen molar-refractivity contribution in [3.8, 4) is 0 Å². The van der Waals surface area contributed by atoms with Crippen molar-refractivity contribution in [2.24, 2.45) is 0 Å². The molecule has 0 aliphatic carbocycles. The highest BCUT2D eigenvalue weighted by Gasteiger charge is 2.11. The van der Waals surface area contributed by atoms with Gasteiger partial charge in [-0.25, -0.2) is 0 Å². The molecule has 90 valence electrons. The SMILES string of the molecule is C[Si](C)(C)CCOCOn1cc(C=O)cn1. The molecule has 6 heteroatoms. The fourth-order valence-electron chi connectivity index (χ4n) is 0.978. The van der Waals surface area contributed by atoms with Gasteiger partial charge in [0, 0.05) is 14.7 Å². The first-order valence-corrected chi connectivity index (χ1v) is 8.93. The van der Waals surface area contributed by atoms with E-state index in [9.17, 15) is 4.79 Å². The minimum Gasteiger partial charge on any atom is -0.368 e. The van der Waals surface area contributed by atoms with Gasteiger partial charge >= 0.3 is 0 Å². The van der Waals surface area contributed by atoms with E-state index in [1.54, 1.807) is 0 Å². The summed E-state index contributed by atoms with van der Waals surface area (Å²) in [5, 5.41) is 3.83. The fraction of sp³-hybridized carbons (Fsp3) is 0.600. The molecule has 1 aromatic rings. The van der Waals surface area contributed by atoms with E-state index >= 15 is 0 Å². The molecule has 0 atom stereocenters. The fourth-order valence-corrected chi connectivity index (χ4v) is 1.73. The van der Waals surface area contributed by atoms with Crippen LogP contribution in [0.4, 0.5) is 0 Å². The number of aldehydes is 1. The number of carbonyl (C=O) groups is 1. The highest BCUT2D eigenvalue weighted by atomic mass is 28.3. The van der Waals surface area contributed by atoms with E-state index < -0.39 is 8.07 Å². The molecule has 0 amide bonds. The van der Waals surface area contributed by atoms with Crippen LogP contribution < -0.4 is 4.84 Å². The van der Waals surface area contributed by atoms with Crippen molar-refractivity contribution in [1.82, 2.24) is 9.94 Å². The third kappa shape index (κ3) is 5.08. The van der Waals surface area contributed by atoms with E-state index in [2.05, 4.69) is 24.7 Å². The monoisotopic (exact) mass is 242 g/mol. The van der Waals surface area contributed by atoms with Crippen LogP contribution in [0.15, 0.2) is 12.4 Å². The lowest BCUT2D eigenvalue weighted by Crippen LogP contribution is -2.23. The maximum Gasteiger partial charge on any atom is 0.216 e. The van der Waals surface area contributed by atoms with Crippen LogP contribution >= 0.6 is 0 Å². The Labute approximate surface area is 96.3 Å². The molecule has 1 aromatic heterocycles. The quantitative estimate of drug-likeness (QED) is 0.314. The lowest BCUT2D eigenvalue weighted by molar-refractivity contribution is -0.0675. The van der Waals surface area contributed by atoms with Crippen molar-refractivity contribution < 1.29 is 14.4 Å². The number of aromatic nitrogens is 2. The maximum atomic E-state index is 10.4. The zero-order valence-electron chi connectivity index (χ0n) is 9.97. The van der Waals surface area contributed by atoms with Gasteiger partial charge in [0.1, 0.15) is 0 Å². The van der Waals surface area contributed by atoms with Gasteiger partial charge in [-0.05, 0) is 6.04 Å². The smallest absolute Gasteiger partial charge is 0.216 e. The van der Waals surface area contributed by atoms with Crippen LogP contribution in [0.3, 0.4) is 0 Å². The molecule has 0 fully saturated rings. The third-order valence-corrected chi connectivity index (χ3v) is 3.69. The maximum absolute atomic E-state index is 10.4. The molecule has 0 radical (unpaired) electrons. The summed E-state index contributed by atoms with van der Waals surface area (Å²) in [4.78, 5) is 16.7. The molecule has 0 N–H and O–H groups in total. The van der Waals surface area contributed by atoms with Gasteiger partial charge in [0.2, 0.25) is 6.79 Å². The average molecular weight is 242 g/mol. The molecule has 0 saturated heterocycles. The standard InChI is InChI=1S/C10H18N2O3Si/c1-16(2,3)5-4-14-9-15-12-7-10(8-13)6-11-12/h6-8H,4-5,9H2,1-3H3. The summed E-state index contributed by atoms with van der Waals surface area (Å²) >= 11 is 0. The number of ether oxygens (including phenoxy) is 1. The van der Waals surface area contributed by atoms with Crippen molar-refractivity contribution >= 4 is 14.4 Å². The minimum absolute atomic E-state index is 0.157. The number of nitrogens with zero attached hydrogens (tertiary/aromatic N) is 2. The first-order valence-electron chi connectivity index (χ1n) is 5.22. The lowest BCUT2D eigenvalue weighted by Gasteiger charge is -2.15. The molecule has 0 saturated carbocycles. The number of hydrogen-bond acceptors (Lipinski definition) is 4. The average Bonchev–Trinajstić information content (AvgIpc) is 2.63. The van der Waals surface area contributed by atoms with Gasteiger partial charge in [-0.15, -0.1) is 9.94 Å². The summed E-state index contributed by atoms with van der Waals surface area (Å²) in [6.07, 6.45) is 3.67. The van der Waals surface area contributed by atoms with Crippen molar-refractivity contribution in [1.29, 1.82) is 0 Å². The summed E-state index contributed by atoms with van der Waals surface area (Å²) in [7, 11) is -1.04. The van der Waals surface area contributed by atoms with Gasteiger partial charge in [-0.3, -0.25) is 4.79 Å². The zero-order valence-corrected chi connectivity index (χ0v) is 11.0. The van der Waals surface area contributed by atoms with E-state index in [0.29, 0.717) is 12.2 Å². The molecule has 1 rings (SSSR count). The lowest BCUT2D eigenvalue weighted by atomic mass is 10.4. The van der Waals surface area contributed by atoms with Crippen LogP contribution in [0.1, 0.15) is 10.4 Å². The Morgan fingerprint density at radius 2 is 2.25 bits per heavy atom. The molecule has 0 unspecified atom stereocenters. The molecule has 0 spiro atoms. The highest BCUT2D eigenvalue weighted by Crippen LogP contribution is 2.07. The van der Waals surface area contributed by atoms with E-state index in [0.717, 1.165) is 12.3 Å². The van der Waals surface area contributed by atoms with Crippen LogP contribution in [-0.4, -0.2) is 37.7 Å². The van der Waals surface area contributed by atoms with Gasteiger partial charge < -0.3 is 9.57 Å². The van der Waals surface area contributed by atoms with Crippen LogP contribution in [0.2, 0.25) is 25.7 Å². The van der Waals surface area contributed by atoms with E-state index in [1.807, 2.05) is 0 Å². The normalized spacial score (nSPS) is 11.4. The molecule has 16 heavy (non-hydrogen) atoms. The van der Waals surface area contributed by atoms with Crippen LogP contribution in [0, 0.1) is 0 Å². The molecular weight excluding hydrogens is 224 g/mol. The first-order chi connectivity index (χ1) is 7.51. The molecular formula is C10H18N2O3Si. The predicted molar refractivity (Wildman–Crippen MR) is 63.2 cm³/mol. The summed E-state index contributed by atoms with van der Waals surface area (Å²) in [6.45, 7) is 7.74. The molecule has 5 nitrogen and oxygen atoms in total. The Kier molecular flexibility index (Phi) is 4.69. The van der Waals surface area contributed by atoms with Gasteiger partial charge in [-0.2, -0.15) is 0 Å². The molecule has 1 heterocycles. The van der Waals surface area contributed by atoms with Gasteiger partial charge in [0.25, 0.3) is 0 Å². The zero-order chi connectivity index (χ0) is 12.0. The van der Waals surface area contributed by atoms with E-state index in [-0.39, 0.29) is 6.79 Å². The second kappa shape index (κ2) is 5.81. The molecule has 0 aromatic carbocycles.